The van der Waals surface area contributed by atoms with E-state index in [4.69, 9.17) is 9.47 Å². The molecule has 0 amide bonds. The van der Waals surface area contributed by atoms with Gasteiger partial charge in [0.05, 0.1) is 31.6 Å². The molecule has 1 rings (SSSR count). The zero-order valence-electron chi connectivity index (χ0n) is 14.1. The largest absolute Gasteiger partial charge is 0.493 e. The van der Waals surface area contributed by atoms with Crippen LogP contribution in [0, 0.1) is 0 Å². The van der Waals surface area contributed by atoms with Crippen molar-refractivity contribution >= 4 is 0 Å². The van der Waals surface area contributed by atoms with E-state index in [0.29, 0.717) is 0 Å². The highest BCUT2D eigenvalue weighted by atomic mass is 16.5. The molecule has 122 valence electrons. The van der Waals surface area contributed by atoms with Crippen LogP contribution in [0.2, 0.25) is 0 Å². The van der Waals surface area contributed by atoms with E-state index in [1.807, 2.05) is 18.7 Å². The van der Waals surface area contributed by atoms with E-state index in [1.54, 1.807) is 13.3 Å². The number of hydrogen-bond donors (Lipinski definition) is 1. The highest BCUT2D eigenvalue weighted by Gasteiger charge is 2.20. The van der Waals surface area contributed by atoms with E-state index in [-0.39, 0.29) is 6.04 Å². The molecule has 1 aromatic heterocycles. The van der Waals surface area contributed by atoms with Gasteiger partial charge in [-0.3, -0.25) is 4.68 Å². The predicted molar refractivity (Wildman–Crippen MR) is 84.9 cm³/mol. The summed E-state index contributed by atoms with van der Waals surface area (Å²) in [5.74, 6) is 0.851. The highest BCUT2D eigenvalue weighted by molar-refractivity contribution is 5.28. The molecule has 1 heterocycles. The number of methoxy groups -OCH3 is 1. The summed E-state index contributed by atoms with van der Waals surface area (Å²) in [4.78, 5) is 2.15. The molecule has 1 unspecified atom stereocenters. The van der Waals surface area contributed by atoms with Crippen molar-refractivity contribution in [2.75, 3.05) is 48.0 Å². The Morgan fingerprint density at radius 2 is 2.19 bits per heavy atom. The summed E-state index contributed by atoms with van der Waals surface area (Å²) in [6.07, 6.45) is 3.82. The van der Waals surface area contributed by atoms with Gasteiger partial charge in [0, 0.05) is 19.8 Å². The van der Waals surface area contributed by atoms with Crippen molar-refractivity contribution in [1.29, 1.82) is 0 Å². The summed E-state index contributed by atoms with van der Waals surface area (Å²) < 4.78 is 12.9. The minimum Gasteiger partial charge on any atom is -0.493 e. The first-order chi connectivity index (χ1) is 10.1. The van der Waals surface area contributed by atoms with E-state index in [9.17, 15) is 0 Å². The number of ether oxygens (including phenoxy) is 2. The smallest absolute Gasteiger partial charge is 0.161 e. The lowest BCUT2D eigenvalue weighted by Gasteiger charge is -2.20. The second kappa shape index (κ2) is 9.76. The third-order valence-electron chi connectivity index (χ3n) is 3.49. The molecule has 0 spiro atoms. The van der Waals surface area contributed by atoms with Crippen molar-refractivity contribution in [2.45, 2.75) is 32.4 Å². The maximum Gasteiger partial charge on any atom is 0.161 e. The van der Waals surface area contributed by atoms with Crippen molar-refractivity contribution in [3.8, 4) is 5.75 Å². The van der Waals surface area contributed by atoms with Gasteiger partial charge in [-0.25, -0.2) is 0 Å². The van der Waals surface area contributed by atoms with Crippen LogP contribution in [-0.4, -0.2) is 62.7 Å². The summed E-state index contributed by atoms with van der Waals surface area (Å²) >= 11 is 0. The first-order valence-corrected chi connectivity index (χ1v) is 7.63. The third-order valence-corrected chi connectivity index (χ3v) is 3.49. The molecule has 0 fully saturated rings. The molecule has 6 nitrogen and oxygen atoms in total. The van der Waals surface area contributed by atoms with Gasteiger partial charge in [-0.2, -0.15) is 5.10 Å². The summed E-state index contributed by atoms with van der Waals surface area (Å²) in [6.45, 7) is 5.40. The SMILES string of the molecule is CCOCCCC(NC)c1c(OC)cnn1CCN(C)C. The Balaban J connectivity index is 2.76. The minimum absolute atomic E-state index is 0.227. The second-order valence-corrected chi connectivity index (χ2v) is 5.31. The Morgan fingerprint density at radius 1 is 1.43 bits per heavy atom. The van der Waals surface area contributed by atoms with E-state index in [1.165, 1.54) is 0 Å². The van der Waals surface area contributed by atoms with Crippen molar-refractivity contribution < 1.29 is 9.47 Å². The first kappa shape index (κ1) is 17.9. The molecular weight excluding hydrogens is 268 g/mol. The van der Waals surface area contributed by atoms with Crippen molar-refractivity contribution in [3.63, 3.8) is 0 Å². The first-order valence-electron chi connectivity index (χ1n) is 7.63. The number of likely N-dealkylation sites (N-methyl/N-ethyl adjacent to an activating group) is 1. The van der Waals surface area contributed by atoms with Crippen LogP contribution in [0.25, 0.3) is 0 Å². The Kier molecular flexibility index (Phi) is 8.34. The molecule has 0 aromatic carbocycles. The molecule has 6 heteroatoms. The molecule has 1 atom stereocenters. The molecule has 0 radical (unpaired) electrons. The zero-order chi connectivity index (χ0) is 15.7. The zero-order valence-corrected chi connectivity index (χ0v) is 14.1. The molecule has 1 aromatic rings. The van der Waals surface area contributed by atoms with E-state index < -0.39 is 0 Å². The summed E-state index contributed by atoms with van der Waals surface area (Å²) in [6, 6.07) is 0.227. The monoisotopic (exact) mass is 298 g/mol. The summed E-state index contributed by atoms with van der Waals surface area (Å²) in [7, 11) is 7.81. The van der Waals surface area contributed by atoms with Crippen LogP contribution in [0.3, 0.4) is 0 Å². The van der Waals surface area contributed by atoms with Crippen LogP contribution in [0.5, 0.6) is 5.75 Å². The second-order valence-electron chi connectivity index (χ2n) is 5.31. The van der Waals surface area contributed by atoms with E-state index >= 15 is 0 Å². The fourth-order valence-corrected chi connectivity index (χ4v) is 2.31. The normalized spacial score (nSPS) is 12.9. The average Bonchev–Trinajstić information content (AvgIpc) is 2.88. The van der Waals surface area contributed by atoms with Crippen molar-refractivity contribution in [3.05, 3.63) is 11.9 Å². The molecule has 0 aliphatic rings. The Bertz CT molecular complexity index is 393. The Labute approximate surface area is 128 Å². The number of nitrogens with one attached hydrogen (secondary N) is 1. The molecule has 0 aliphatic heterocycles. The van der Waals surface area contributed by atoms with E-state index in [2.05, 4.69) is 29.4 Å². The lowest BCUT2D eigenvalue weighted by atomic mass is 10.1. The highest BCUT2D eigenvalue weighted by Crippen LogP contribution is 2.27. The molecule has 21 heavy (non-hydrogen) atoms. The minimum atomic E-state index is 0.227. The fraction of sp³-hybridized carbons (Fsp3) is 0.800. The molecule has 0 bridgehead atoms. The van der Waals surface area contributed by atoms with Gasteiger partial charge >= 0.3 is 0 Å². The standard InChI is InChI=1S/C15H30N4O2/c1-6-21-11-7-8-13(16-2)15-14(20-5)12-17-19(15)10-9-18(3)4/h12-13,16H,6-11H2,1-5H3. The molecule has 0 saturated heterocycles. The van der Waals surface area contributed by atoms with Crippen LogP contribution >= 0.6 is 0 Å². The van der Waals surface area contributed by atoms with Crippen LogP contribution in [0.1, 0.15) is 31.5 Å². The third kappa shape index (κ3) is 5.65. The van der Waals surface area contributed by atoms with Crippen LogP contribution in [0.4, 0.5) is 0 Å². The topological polar surface area (TPSA) is 51.5 Å². The van der Waals surface area contributed by atoms with Gasteiger partial charge in [0.15, 0.2) is 5.75 Å². The molecule has 0 saturated carbocycles. The lowest BCUT2D eigenvalue weighted by molar-refractivity contribution is 0.140. The molecule has 1 N–H and O–H groups in total. The van der Waals surface area contributed by atoms with Gasteiger partial charge in [-0.1, -0.05) is 0 Å². The summed E-state index contributed by atoms with van der Waals surface area (Å²) in [5.41, 5.74) is 1.12. The van der Waals surface area contributed by atoms with Crippen LogP contribution in [0.15, 0.2) is 6.20 Å². The number of aromatic nitrogens is 2. The maximum atomic E-state index is 5.47. The van der Waals surface area contributed by atoms with Crippen LogP contribution < -0.4 is 10.1 Å². The maximum absolute atomic E-state index is 5.47. The number of nitrogens with zero attached hydrogens (tertiary/aromatic N) is 3. The van der Waals surface area contributed by atoms with Gasteiger partial charge < -0.3 is 19.7 Å². The Hall–Kier alpha value is -1.11. The average molecular weight is 298 g/mol. The number of rotatable bonds is 11. The summed E-state index contributed by atoms with van der Waals surface area (Å²) in [5, 5.41) is 7.84. The van der Waals surface area contributed by atoms with Gasteiger partial charge in [0.25, 0.3) is 0 Å². The molecular formula is C15H30N4O2. The van der Waals surface area contributed by atoms with E-state index in [0.717, 1.165) is 50.6 Å². The molecule has 0 aliphatic carbocycles. The van der Waals surface area contributed by atoms with Gasteiger partial charge in [0.2, 0.25) is 0 Å². The van der Waals surface area contributed by atoms with Crippen molar-refractivity contribution in [2.24, 2.45) is 0 Å². The van der Waals surface area contributed by atoms with Crippen LogP contribution in [-0.2, 0) is 11.3 Å². The predicted octanol–water partition coefficient (Wildman–Crippen LogP) is 1.53. The number of hydrogen-bond acceptors (Lipinski definition) is 5. The van der Waals surface area contributed by atoms with Gasteiger partial charge in [-0.15, -0.1) is 0 Å². The quantitative estimate of drug-likeness (QED) is 0.628. The fourth-order valence-electron chi connectivity index (χ4n) is 2.31. The lowest BCUT2D eigenvalue weighted by Crippen LogP contribution is -2.25. The van der Waals surface area contributed by atoms with Gasteiger partial charge in [0.1, 0.15) is 0 Å². The Morgan fingerprint density at radius 3 is 2.76 bits per heavy atom. The van der Waals surface area contributed by atoms with Gasteiger partial charge in [-0.05, 0) is 40.9 Å². The van der Waals surface area contributed by atoms with Crippen molar-refractivity contribution in [1.82, 2.24) is 20.0 Å².